The molecule has 1 heterocycles. The van der Waals surface area contributed by atoms with Crippen molar-refractivity contribution in [2.24, 2.45) is 0 Å². The Balaban J connectivity index is 1.77. The van der Waals surface area contributed by atoms with Crippen molar-refractivity contribution >= 4 is 29.1 Å². The van der Waals surface area contributed by atoms with Gasteiger partial charge in [0.2, 0.25) is 0 Å². The van der Waals surface area contributed by atoms with E-state index < -0.39 is 11.9 Å². The summed E-state index contributed by atoms with van der Waals surface area (Å²) in [5.41, 5.74) is 1.57. The van der Waals surface area contributed by atoms with Gasteiger partial charge in [0.1, 0.15) is 6.04 Å². The van der Waals surface area contributed by atoms with Crippen LogP contribution in [0.15, 0.2) is 24.3 Å². The van der Waals surface area contributed by atoms with Crippen molar-refractivity contribution in [1.29, 1.82) is 5.26 Å². The zero-order valence-electron chi connectivity index (χ0n) is 11.4. The molecule has 1 unspecified atom stereocenters. The molecule has 0 spiro atoms. The third kappa shape index (κ3) is 2.94. The second-order valence-electron chi connectivity index (χ2n) is 5.16. The molecule has 1 saturated carbocycles. The summed E-state index contributed by atoms with van der Waals surface area (Å²) in [6, 6.07) is 7.97. The first kappa shape index (κ1) is 14.9. The standard InChI is InChI=1S/C15H12Cl2N4O/c16-10-5-3-8(4-6-10)11(7-18)19-15(22)14-12(17)13(20-21-14)9-1-2-9/h3-6,9,11H,1-2H2,(H,19,22)(H,20,21). The molecule has 112 valence electrons. The first-order valence-corrected chi connectivity index (χ1v) is 7.55. The van der Waals surface area contributed by atoms with Crippen LogP contribution < -0.4 is 5.32 Å². The van der Waals surface area contributed by atoms with Crippen LogP contribution >= 0.6 is 23.2 Å². The highest BCUT2D eigenvalue weighted by atomic mass is 35.5. The van der Waals surface area contributed by atoms with E-state index in [2.05, 4.69) is 15.5 Å². The van der Waals surface area contributed by atoms with Gasteiger partial charge < -0.3 is 5.32 Å². The van der Waals surface area contributed by atoms with Crippen molar-refractivity contribution < 1.29 is 4.79 Å². The van der Waals surface area contributed by atoms with Gasteiger partial charge >= 0.3 is 0 Å². The Morgan fingerprint density at radius 2 is 2.05 bits per heavy atom. The predicted octanol–water partition coefficient (Wildman–Crippen LogP) is 3.59. The topological polar surface area (TPSA) is 81.6 Å². The average molecular weight is 335 g/mol. The van der Waals surface area contributed by atoms with Crippen LogP contribution in [0.5, 0.6) is 0 Å². The minimum atomic E-state index is -0.790. The number of amides is 1. The highest BCUT2D eigenvalue weighted by Crippen LogP contribution is 2.42. The van der Waals surface area contributed by atoms with Crippen LogP contribution in [-0.2, 0) is 0 Å². The van der Waals surface area contributed by atoms with Crippen LogP contribution in [-0.4, -0.2) is 16.1 Å². The number of nitriles is 1. The lowest BCUT2D eigenvalue weighted by Crippen LogP contribution is -2.28. The molecule has 0 radical (unpaired) electrons. The van der Waals surface area contributed by atoms with E-state index in [0.29, 0.717) is 21.5 Å². The van der Waals surface area contributed by atoms with E-state index in [-0.39, 0.29) is 5.69 Å². The Bertz CT molecular complexity index is 744. The number of carbonyl (C=O) groups is 1. The fraction of sp³-hybridized carbons (Fsp3) is 0.267. The van der Waals surface area contributed by atoms with E-state index in [1.807, 2.05) is 6.07 Å². The second-order valence-corrected chi connectivity index (χ2v) is 5.98. The molecule has 22 heavy (non-hydrogen) atoms. The number of rotatable bonds is 4. The maximum absolute atomic E-state index is 12.3. The third-order valence-electron chi connectivity index (χ3n) is 3.54. The van der Waals surface area contributed by atoms with Crippen molar-refractivity contribution in [2.45, 2.75) is 24.8 Å². The number of nitrogens with zero attached hydrogens (tertiary/aromatic N) is 2. The minimum absolute atomic E-state index is 0.123. The quantitative estimate of drug-likeness (QED) is 0.896. The zero-order valence-corrected chi connectivity index (χ0v) is 12.9. The Kier molecular flexibility index (Phi) is 4.06. The summed E-state index contributed by atoms with van der Waals surface area (Å²) in [6.45, 7) is 0. The van der Waals surface area contributed by atoms with Crippen LogP contribution in [0.2, 0.25) is 10.0 Å². The zero-order chi connectivity index (χ0) is 15.7. The lowest BCUT2D eigenvalue weighted by atomic mass is 10.1. The molecule has 3 rings (SSSR count). The summed E-state index contributed by atoms with van der Waals surface area (Å²) < 4.78 is 0. The molecule has 1 aliphatic rings. The van der Waals surface area contributed by atoms with E-state index in [0.717, 1.165) is 18.5 Å². The maximum Gasteiger partial charge on any atom is 0.274 e. The van der Waals surface area contributed by atoms with Gasteiger partial charge in [0.05, 0.1) is 16.8 Å². The summed E-state index contributed by atoms with van der Waals surface area (Å²) in [5.74, 6) is -0.112. The molecule has 0 aliphatic heterocycles. The summed E-state index contributed by atoms with van der Waals surface area (Å²) >= 11 is 12.0. The molecule has 0 bridgehead atoms. The van der Waals surface area contributed by atoms with Crippen molar-refractivity contribution in [3.8, 4) is 6.07 Å². The fourth-order valence-corrected chi connectivity index (χ4v) is 2.63. The van der Waals surface area contributed by atoms with Crippen LogP contribution in [0, 0.1) is 11.3 Å². The molecular formula is C15H12Cl2N4O. The fourth-order valence-electron chi connectivity index (χ4n) is 2.18. The van der Waals surface area contributed by atoms with Gasteiger partial charge in [0, 0.05) is 10.9 Å². The van der Waals surface area contributed by atoms with E-state index in [4.69, 9.17) is 23.2 Å². The van der Waals surface area contributed by atoms with E-state index in [9.17, 15) is 10.1 Å². The first-order valence-electron chi connectivity index (χ1n) is 6.80. The van der Waals surface area contributed by atoms with Gasteiger partial charge in [-0.2, -0.15) is 10.4 Å². The molecule has 7 heteroatoms. The number of carbonyl (C=O) groups excluding carboxylic acids is 1. The van der Waals surface area contributed by atoms with Gasteiger partial charge in [-0.25, -0.2) is 0 Å². The van der Waals surface area contributed by atoms with Crippen molar-refractivity contribution in [2.75, 3.05) is 0 Å². The first-order chi connectivity index (χ1) is 10.6. The molecule has 2 aromatic rings. The number of hydrogen-bond acceptors (Lipinski definition) is 3. The molecule has 1 atom stereocenters. The largest absolute Gasteiger partial charge is 0.331 e. The number of aromatic nitrogens is 2. The summed E-state index contributed by atoms with van der Waals surface area (Å²) in [6.07, 6.45) is 2.10. The van der Waals surface area contributed by atoms with Crippen LogP contribution in [0.3, 0.4) is 0 Å². The van der Waals surface area contributed by atoms with Crippen molar-refractivity contribution in [1.82, 2.24) is 15.5 Å². The Hall–Kier alpha value is -2.03. The molecule has 2 N–H and O–H groups in total. The molecule has 1 amide bonds. The molecule has 1 fully saturated rings. The third-order valence-corrected chi connectivity index (χ3v) is 4.18. The molecule has 1 aliphatic carbocycles. The number of halogens is 2. The predicted molar refractivity (Wildman–Crippen MR) is 82.8 cm³/mol. The van der Waals surface area contributed by atoms with Crippen LogP contribution in [0.25, 0.3) is 0 Å². The van der Waals surface area contributed by atoms with Gasteiger partial charge in [0.15, 0.2) is 5.69 Å². The normalized spacial score (nSPS) is 15.1. The van der Waals surface area contributed by atoms with Crippen LogP contribution in [0.4, 0.5) is 0 Å². The number of aromatic amines is 1. The SMILES string of the molecule is N#CC(NC(=O)c1n[nH]c(C2CC2)c1Cl)c1ccc(Cl)cc1. The highest BCUT2D eigenvalue weighted by molar-refractivity contribution is 6.34. The number of nitrogens with one attached hydrogen (secondary N) is 2. The monoisotopic (exact) mass is 334 g/mol. The molecule has 1 aromatic heterocycles. The molecule has 0 saturated heterocycles. The smallest absolute Gasteiger partial charge is 0.274 e. The lowest BCUT2D eigenvalue weighted by molar-refractivity contribution is 0.0940. The van der Waals surface area contributed by atoms with E-state index in [1.165, 1.54) is 0 Å². The summed E-state index contributed by atoms with van der Waals surface area (Å²) in [7, 11) is 0. The molecule has 5 nitrogen and oxygen atoms in total. The highest BCUT2D eigenvalue weighted by Gasteiger charge is 2.31. The van der Waals surface area contributed by atoms with Gasteiger partial charge in [-0.05, 0) is 30.5 Å². The average Bonchev–Trinajstić information content (AvgIpc) is 3.28. The number of hydrogen-bond donors (Lipinski definition) is 2. The lowest BCUT2D eigenvalue weighted by Gasteiger charge is -2.11. The molecule has 1 aromatic carbocycles. The van der Waals surface area contributed by atoms with Gasteiger partial charge in [-0.15, -0.1) is 0 Å². The Morgan fingerprint density at radius 1 is 1.36 bits per heavy atom. The van der Waals surface area contributed by atoms with Gasteiger partial charge in [0.25, 0.3) is 5.91 Å². The number of benzene rings is 1. The van der Waals surface area contributed by atoms with Crippen molar-refractivity contribution in [3.05, 3.63) is 51.3 Å². The Morgan fingerprint density at radius 3 is 2.64 bits per heavy atom. The van der Waals surface area contributed by atoms with Crippen LogP contribution in [0.1, 0.15) is 46.5 Å². The van der Waals surface area contributed by atoms with Gasteiger partial charge in [-0.1, -0.05) is 35.3 Å². The minimum Gasteiger partial charge on any atom is -0.331 e. The van der Waals surface area contributed by atoms with E-state index in [1.54, 1.807) is 24.3 Å². The second kappa shape index (κ2) is 5.99. The molecular weight excluding hydrogens is 323 g/mol. The van der Waals surface area contributed by atoms with Gasteiger partial charge in [-0.3, -0.25) is 9.89 Å². The maximum atomic E-state index is 12.3. The Labute approximate surface area is 137 Å². The summed E-state index contributed by atoms with van der Waals surface area (Å²) in [4.78, 5) is 12.3. The summed E-state index contributed by atoms with van der Waals surface area (Å²) in [5, 5.41) is 19.6. The van der Waals surface area contributed by atoms with E-state index >= 15 is 0 Å². The number of H-pyrrole nitrogens is 1. The van der Waals surface area contributed by atoms with Crippen molar-refractivity contribution in [3.63, 3.8) is 0 Å².